The summed E-state index contributed by atoms with van der Waals surface area (Å²) in [6, 6.07) is 8.35. The summed E-state index contributed by atoms with van der Waals surface area (Å²) in [5.41, 5.74) is 2.39. The van der Waals surface area contributed by atoms with E-state index in [-0.39, 0.29) is 11.3 Å². The van der Waals surface area contributed by atoms with Gasteiger partial charge in [-0.1, -0.05) is 13.8 Å². The summed E-state index contributed by atoms with van der Waals surface area (Å²) in [4.78, 5) is 10.5. The minimum absolute atomic E-state index is 0.0552. The van der Waals surface area contributed by atoms with Crippen molar-refractivity contribution in [3.05, 3.63) is 51.3 Å². The van der Waals surface area contributed by atoms with Gasteiger partial charge in [-0.25, -0.2) is 4.68 Å². The summed E-state index contributed by atoms with van der Waals surface area (Å²) in [5.74, 6) is 0. The normalized spacial score (nSPS) is 10.2. The molecule has 0 bridgehead atoms. The van der Waals surface area contributed by atoms with E-state index in [0.717, 1.165) is 24.2 Å². The second-order valence-electron chi connectivity index (χ2n) is 4.32. The molecule has 0 saturated carbocycles. The van der Waals surface area contributed by atoms with Crippen molar-refractivity contribution in [1.29, 1.82) is 5.26 Å². The third-order valence-electron chi connectivity index (χ3n) is 3.10. The highest BCUT2D eigenvalue weighted by molar-refractivity contribution is 5.54. The summed E-state index contributed by atoms with van der Waals surface area (Å²) < 4.78 is 1.70. The summed E-state index contributed by atoms with van der Waals surface area (Å²) in [6.07, 6.45) is 1.58. The molecule has 2 rings (SSSR count). The van der Waals surface area contributed by atoms with Gasteiger partial charge in [0.2, 0.25) is 0 Å². The number of hydrogen-bond donors (Lipinski definition) is 0. The van der Waals surface area contributed by atoms with Gasteiger partial charge in [-0.2, -0.15) is 10.4 Å². The van der Waals surface area contributed by atoms with Gasteiger partial charge < -0.3 is 0 Å². The van der Waals surface area contributed by atoms with E-state index < -0.39 is 4.92 Å². The van der Waals surface area contributed by atoms with Gasteiger partial charge in [0.1, 0.15) is 11.6 Å². The van der Waals surface area contributed by atoms with Crippen LogP contribution in [0.3, 0.4) is 0 Å². The molecule has 6 heteroatoms. The molecular weight excluding hydrogens is 256 g/mol. The molecule has 20 heavy (non-hydrogen) atoms. The standard InChI is InChI=1S/C14H14N4O2/c1-3-11-7-12(4-2)17(16-11)13-6-5-10(9-15)14(8-13)18(19)20/h5-8H,3-4H2,1-2H3. The number of hydrogen-bond acceptors (Lipinski definition) is 4. The summed E-state index contributed by atoms with van der Waals surface area (Å²) in [5, 5.41) is 24.3. The zero-order valence-electron chi connectivity index (χ0n) is 11.3. The van der Waals surface area contributed by atoms with Gasteiger partial charge in [-0.05, 0) is 31.0 Å². The van der Waals surface area contributed by atoms with Crippen molar-refractivity contribution in [2.24, 2.45) is 0 Å². The van der Waals surface area contributed by atoms with Crippen LogP contribution in [0.2, 0.25) is 0 Å². The molecule has 2 aromatic rings. The zero-order chi connectivity index (χ0) is 14.7. The lowest BCUT2D eigenvalue weighted by molar-refractivity contribution is -0.385. The summed E-state index contributed by atoms with van der Waals surface area (Å²) >= 11 is 0. The minimum atomic E-state index is -0.544. The number of aryl methyl sites for hydroxylation is 2. The number of nitriles is 1. The molecule has 0 spiro atoms. The van der Waals surface area contributed by atoms with Crippen LogP contribution < -0.4 is 0 Å². The Balaban J connectivity index is 2.59. The van der Waals surface area contributed by atoms with Crippen molar-refractivity contribution < 1.29 is 4.92 Å². The third kappa shape index (κ3) is 2.38. The fourth-order valence-corrected chi connectivity index (χ4v) is 2.02. The molecule has 6 nitrogen and oxygen atoms in total. The van der Waals surface area contributed by atoms with Crippen LogP contribution >= 0.6 is 0 Å². The van der Waals surface area contributed by atoms with Crippen molar-refractivity contribution in [1.82, 2.24) is 9.78 Å². The Bertz CT molecular complexity index is 698. The average molecular weight is 270 g/mol. The van der Waals surface area contributed by atoms with Crippen molar-refractivity contribution in [3.63, 3.8) is 0 Å². The molecule has 0 aliphatic rings. The molecule has 0 aliphatic carbocycles. The minimum Gasteiger partial charge on any atom is -0.258 e. The largest absolute Gasteiger partial charge is 0.289 e. The lowest BCUT2D eigenvalue weighted by atomic mass is 10.1. The van der Waals surface area contributed by atoms with Crippen LogP contribution in [0, 0.1) is 21.4 Å². The van der Waals surface area contributed by atoms with Crippen LogP contribution in [0.1, 0.15) is 30.8 Å². The van der Waals surface area contributed by atoms with Crippen LogP contribution in [-0.2, 0) is 12.8 Å². The third-order valence-corrected chi connectivity index (χ3v) is 3.10. The van der Waals surface area contributed by atoms with Crippen molar-refractivity contribution in [2.45, 2.75) is 26.7 Å². The van der Waals surface area contributed by atoms with Crippen LogP contribution in [0.4, 0.5) is 5.69 Å². The molecule has 0 fully saturated rings. The number of nitro benzene ring substituents is 1. The quantitative estimate of drug-likeness (QED) is 0.631. The number of aromatic nitrogens is 2. The highest BCUT2D eigenvalue weighted by Crippen LogP contribution is 2.23. The Morgan fingerprint density at radius 1 is 1.35 bits per heavy atom. The zero-order valence-corrected chi connectivity index (χ0v) is 11.3. The highest BCUT2D eigenvalue weighted by Gasteiger charge is 2.16. The van der Waals surface area contributed by atoms with Crippen LogP contribution in [0.5, 0.6) is 0 Å². The first-order chi connectivity index (χ1) is 9.60. The molecule has 0 aliphatic heterocycles. The average Bonchev–Trinajstić information content (AvgIpc) is 2.89. The second-order valence-corrected chi connectivity index (χ2v) is 4.32. The van der Waals surface area contributed by atoms with E-state index in [9.17, 15) is 10.1 Å². The molecule has 1 aromatic heterocycles. The van der Waals surface area contributed by atoms with E-state index in [4.69, 9.17) is 5.26 Å². The molecule has 1 aromatic carbocycles. The predicted molar refractivity (Wildman–Crippen MR) is 73.7 cm³/mol. The summed E-state index contributed by atoms with van der Waals surface area (Å²) in [6.45, 7) is 4.01. The number of nitro groups is 1. The van der Waals surface area contributed by atoms with Gasteiger partial charge >= 0.3 is 0 Å². The number of benzene rings is 1. The second kappa shape index (κ2) is 5.53. The van der Waals surface area contributed by atoms with Gasteiger partial charge in [-0.3, -0.25) is 10.1 Å². The molecule has 0 unspecified atom stereocenters. The first kappa shape index (κ1) is 13.7. The van der Waals surface area contributed by atoms with Gasteiger partial charge in [0.15, 0.2) is 0 Å². The van der Waals surface area contributed by atoms with E-state index >= 15 is 0 Å². The maximum Gasteiger partial charge on any atom is 0.289 e. The smallest absolute Gasteiger partial charge is 0.258 e. The van der Waals surface area contributed by atoms with Crippen molar-refractivity contribution in [3.8, 4) is 11.8 Å². The van der Waals surface area contributed by atoms with Crippen LogP contribution in [0.15, 0.2) is 24.3 Å². The molecule has 0 saturated heterocycles. The summed E-state index contributed by atoms with van der Waals surface area (Å²) in [7, 11) is 0. The van der Waals surface area contributed by atoms with Gasteiger partial charge in [-0.15, -0.1) is 0 Å². The van der Waals surface area contributed by atoms with Gasteiger partial charge in [0.05, 0.1) is 16.3 Å². The Labute approximate surface area is 116 Å². The van der Waals surface area contributed by atoms with Crippen molar-refractivity contribution >= 4 is 5.69 Å². The number of nitrogens with zero attached hydrogens (tertiary/aromatic N) is 4. The predicted octanol–water partition coefficient (Wildman–Crippen LogP) is 2.78. The van der Waals surface area contributed by atoms with Crippen LogP contribution in [0.25, 0.3) is 5.69 Å². The topological polar surface area (TPSA) is 84.8 Å². The van der Waals surface area contributed by atoms with Gasteiger partial charge in [0.25, 0.3) is 5.69 Å². The van der Waals surface area contributed by atoms with Crippen LogP contribution in [-0.4, -0.2) is 14.7 Å². The highest BCUT2D eigenvalue weighted by atomic mass is 16.6. The molecule has 1 heterocycles. The Morgan fingerprint density at radius 3 is 2.65 bits per heavy atom. The van der Waals surface area contributed by atoms with E-state index in [1.807, 2.05) is 26.0 Å². The monoisotopic (exact) mass is 270 g/mol. The molecule has 102 valence electrons. The maximum absolute atomic E-state index is 11.0. The van der Waals surface area contributed by atoms with Crippen molar-refractivity contribution in [2.75, 3.05) is 0 Å². The molecule has 0 amide bonds. The van der Waals surface area contributed by atoms with E-state index in [1.54, 1.807) is 10.7 Å². The Morgan fingerprint density at radius 2 is 2.10 bits per heavy atom. The molecule has 0 radical (unpaired) electrons. The SMILES string of the molecule is CCc1cc(CC)n(-c2ccc(C#N)c([N+](=O)[O-])c2)n1. The fraction of sp³-hybridized carbons (Fsp3) is 0.286. The molecule has 0 N–H and O–H groups in total. The molecule has 0 atom stereocenters. The van der Waals surface area contributed by atoms with E-state index in [2.05, 4.69) is 5.10 Å². The van der Waals surface area contributed by atoms with E-state index in [1.165, 1.54) is 12.1 Å². The number of rotatable bonds is 4. The fourth-order valence-electron chi connectivity index (χ4n) is 2.02. The van der Waals surface area contributed by atoms with E-state index in [0.29, 0.717) is 5.69 Å². The van der Waals surface area contributed by atoms with Gasteiger partial charge in [0, 0.05) is 11.8 Å². The Kier molecular flexibility index (Phi) is 3.80. The lowest BCUT2D eigenvalue weighted by Crippen LogP contribution is -2.03. The maximum atomic E-state index is 11.0. The molecular formula is C14H14N4O2. The lowest BCUT2D eigenvalue weighted by Gasteiger charge is -2.06. The first-order valence-corrected chi connectivity index (χ1v) is 6.37. The first-order valence-electron chi connectivity index (χ1n) is 6.37. The Hall–Kier alpha value is -2.68.